The van der Waals surface area contributed by atoms with E-state index in [1.807, 2.05) is 35.2 Å². The Morgan fingerprint density at radius 2 is 1.87 bits per heavy atom. The van der Waals surface area contributed by atoms with Crippen LogP contribution in [0.15, 0.2) is 45.3 Å². The van der Waals surface area contributed by atoms with E-state index in [9.17, 15) is 9.59 Å². The number of rotatable bonds is 6. The number of likely N-dealkylation sites (tertiary alicyclic amines) is 1. The molecule has 2 aromatic heterocycles. The van der Waals surface area contributed by atoms with E-state index >= 15 is 0 Å². The fraction of sp³-hybridized carbons (Fsp3) is 0.350. The number of amides is 2. The van der Waals surface area contributed by atoms with E-state index in [-0.39, 0.29) is 11.6 Å². The van der Waals surface area contributed by atoms with Gasteiger partial charge in [0.2, 0.25) is 11.0 Å². The molecule has 1 aliphatic heterocycles. The fourth-order valence-electron chi connectivity index (χ4n) is 3.14. The van der Waals surface area contributed by atoms with Crippen molar-refractivity contribution in [2.75, 3.05) is 24.2 Å². The molecule has 0 saturated carbocycles. The largest absolute Gasteiger partial charge is 0.355 e. The molecule has 4 rings (SSSR count). The van der Waals surface area contributed by atoms with Crippen molar-refractivity contribution in [3.8, 4) is 11.3 Å². The Labute approximate surface area is 182 Å². The van der Waals surface area contributed by atoms with Crippen molar-refractivity contribution in [1.82, 2.24) is 20.3 Å². The Kier molecular flexibility index (Phi) is 6.75. The van der Waals surface area contributed by atoms with Gasteiger partial charge in [-0.15, -0.1) is 10.2 Å². The average molecular weight is 444 g/mol. The van der Waals surface area contributed by atoms with Gasteiger partial charge in [0.1, 0.15) is 0 Å². The van der Waals surface area contributed by atoms with Gasteiger partial charge in [0, 0.05) is 24.7 Å². The minimum Gasteiger partial charge on any atom is -0.355 e. The van der Waals surface area contributed by atoms with Crippen molar-refractivity contribution < 1.29 is 14.1 Å². The zero-order valence-electron chi connectivity index (χ0n) is 16.2. The van der Waals surface area contributed by atoms with Crippen LogP contribution in [0.2, 0.25) is 0 Å². The van der Waals surface area contributed by atoms with Gasteiger partial charge in [0.05, 0.1) is 5.75 Å². The molecule has 156 valence electrons. The molecular weight excluding hydrogens is 422 g/mol. The molecule has 0 radical (unpaired) electrons. The fourth-order valence-corrected chi connectivity index (χ4v) is 4.79. The van der Waals surface area contributed by atoms with Gasteiger partial charge < -0.3 is 9.42 Å². The maximum absolute atomic E-state index is 12.4. The van der Waals surface area contributed by atoms with Crippen LogP contribution in [0, 0.1) is 0 Å². The van der Waals surface area contributed by atoms with E-state index in [2.05, 4.69) is 20.7 Å². The van der Waals surface area contributed by atoms with Gasteiger partial charge in [-0.2, -0.15) is 0 Å². The minimum absolute atomic E-state index is 0.124. The summed E-state index contributed by atoms with van der Waals surface area (Å²) in [5, 5.41) is 14.9. The van der Waals surface area contributed by atoms with Crippen LogP contribution >= 0.6 is 23.1 Å². The number of hydrogen-bond donors (Lipinski definition) is 1. The second-order valence-corrected chi connectivity index (χ2v) is 9.05. The maximum atomic E-state index is 12.4. The molecule has 0 atom stereocenters. The van der Waals surface area contributed by atoms with E-state index < -0.39 is 5.91 Å². The minimum atomic E-state index is -0.422. The van der Waals surface area contributed by atoms with Crippen LogP contribution in [-0.2, 0) is 4.79 Å². The molecule has 1 aliphatic rings. The van der Waals surface area contributed by atoms with Gasteiger partial charge in [-0.1, -0.05) is 71.4 Å². The van der Waals surface area contributed by atoms with E-state index in [0.29, 0.717) is 21.0 Å². The first-order chi connectivity index (χ1) is 14.7. The van der Waals surface area contributed by atoms with Crippen LogP contribution in [0.3, 0.4) is 0 Å². The number of aromatic nitrogens is 3. The summed E-state index contributed by atoms with van der Waals surface area (Å²) >= 11 is 2.57. The lowest BCUT2D eigenvalue weighted by molar-refractivity contribution is -0.128. The van der Waals surface area contributed by atoms with Gasteiger partial charge in [-0.25, -0.2) is 0 Å². The first-order valence-corrected chi connectivity index (χ1v) is 11.6. The predicted molar refractivity (Wildman–Crippen MR) is 116 cm³/mol. The van der Waals surface area contributed by atoms with E-state index in [1.54, 1.807) is 6.07 Å². The number of benzene rings is 1. The highest BCUT2D eigenvalue weighted by molar-refractivity contribution is 8.01. The first-order valence-electron chi connectivity index (χ1n) is 9.76. The summed E-state index contributed by atoms with van der Waals surface area (Å²) in [5.74, 6) is 0.543. The molecule has 1 N–H and O–H groups in total. The summed E-state index contributed by atoms with van der Waals surface area (Å²) in [6.07, 6.45) is 4.52. The quantitative estimate of drug-likeness (QED) is 0.455. The summed E-state index contributed by atoms with van der Waals surface area (Å²) in [4.78, 5) is 26.7. The molecular formula is C20H21N5O3S2. The third-order valence-electron chi connectivity index (χ3n) is 4.71. The van der Waals surface area contributed by atoms with Gasteiger partial charge in [0.15, 0.2) is 15.8 Å². The smallest absolute Gasteiger partial charge is 0.279 e. The Hall–Kier alpha value is -2.72. The predicted octanol–water partition coefficient (Wildman–Crippen LogP) is 3.94. The van der Waals surface area contributed by atoms with Crippen molar-refractivity contribution in [2.24, 2.45) is 0 Å². The molecule has 10 heteroatoms. The van der Waals surface area contributed by atoms with Crippen molar-refractivity contribution in [1.29, 1.82) is 0 Å². The monoisotopic (exact) mass is 443 g/mol. The highest BCUT2D eigenvalue weighted by Crippen LogP contribution is 2.27. The van der Waals surface area contributed by atoms with Crippen LogP contribution < -0.4 is 5.32 Å². The Balaban J connectivity index is 1.30. The Bertz CT molecular complexity index is 997. The highest BCUT2D eigenvalue weighted by atomic mass is 32.2. The van der Waals surface area contributed by atoms with Crippen molar-refractivity contribution in [2.45, 2.75) is 30.0 Å². The second kappa shape index (κ2) is 9.86. The summed E-state index contributed by atoms with van der Waals surface area (Å²) in [6.45, 7) is 1.67. The van der Waals surface area contributed by atoms with E-state index in [4.69, 9.17) is 4.52 Å². The number of nitrogens with zero attached hydrogens (tertiary/aromatic N) is 4. The van der Waals surface area contributed by atoms with E-state index in [0.717, 1.165) is 31.5 Å². The molecule has 0 spiro atoms. The van der Waals surface area contributed by atoms with Crippen LogP contribution in [0.5, 0.6) is 0 Å². The summed E-state index contributed by atoms with van der Waals surface area (Å²) in [6, 6.07) is 11.0. The summed E-state index contributed by atoms with van der Waals surface area (Å²) in [7, 11) is 0. The van der Waals surface area contributed by atoms with Gasteiger partial charge in [-0.05, 0) is 12.8 Å². The van der Waals surface area contributed by atoms with Crippen LogP contribution in [0.25, 0.3) is 11.3 Å². The molecule has 1 aromatic carbocycles. The molecule has 0 aliphatic carbocycles. The molecule has 1 fully saturated rings. The molecule has 1 saturated heterocycles. The lowest BCUT2D eigenvalue weighted by atomic mass is 10.1. The standard InChI is InChI=1S/C20H21N5O3S2/c26-17(25-10-6-1-2-7-11-25)13-29-20-23-22-19(30-20)21-18(27)15-12-16(28-24-15)14-8-4-3-5-9-14/h3-5,8-9,12H,1-2,6-7,10-11,13H2,(H,21,22,27). The maximum Gasteiger partial charge on any atom is 0.279 e. The molecule has 0 bridgehead atoms. The molecule has 3 heterocycles. The van der Waals surface area contributed by atoms with Gasteiger partial charge >= 0.3 is 0 Å². The van der Waals surface area contributed by atoms with Crippen molar-refractivity contribution in [3.05, 3.63) is 42.1 Å². The lowest BCUT2D eigenvalue weighted by Crippen LogP contribution is -2.33. The normalized spacial score (nSPS) is 14.3. The second-order valence-electron chi connectivity index (χ2n) is 6.85. The zero-order chi connectivity index (χ0) is 20.8. The Morgan fingerprint density at radius 1 is 1.10 bits per heavy atom. The number of nitrogens with one attached hydrogen (secondary N) is 1. The third kappa shape index (κ3) is 5.25. The van der Waals surface area contributed by atoms with Gasteiger partial charge in [-0.3, -0.25) is 14.9 Å². The summed E-state index contributed by atoms with van der Waals surface area (Å²) in [5.41, 5.74) is 1.00. The molecule has 0 unspecified atom stereocenters. The number of carbonyl (C=O) groups excluding carboxylic acids is 2. The van der Waals surface area contributed by atoms with Gasteiger partial charge in [0.25, 0.3) is 5.91 Å². The highest BCUT2D eigenvalue weighted by Gasteiger charge is 2.18. The average Bonchev–Trinajstić information content (AvgIpc) is 3.35. The lowest BCUT2D eigenvalue weighted by Gasteiger charge is -2.19. The number of carbonyl (C=O) groups is 2. The summed E-state index contributed by atoms with van der Waals surface area (Å²) < 4.78 is 5.89. The molecule has 8 nitrogen and oxygen atoms in total. The van der Waals surface area contributed by atoms with Crippen LogP contribution in [0.4, 0.5) is 5.13 Å². The number of thioether (sulfide) groups is 1. The third-order valence-corrected chi connectivity index (χ3v) is 6.66. The Morgan fingerprint density at radius 3 is 2.63 bits per heavy atom. The number of hydrogen-bond acceptors (Lipinski definition) is 8. The topological polar surface area (TPSA) is 101 Å². The van der Waals surface area contributed by atoms with Crippen LogP contribution in [0.1, 0.15) is 36.2 Å². The number of anilines is 1. The van der Waals surface area contributed by atoms with Crippen LogP contribution in [-0.4, -0.2) is 50.9 Å². The van der Waals surface area contributed by atoms with Crippen molar-refractivity contribution in [3.63, 3.8) is 0 Å². The zero-order valence-corrected chi connectivity index (χ0v) is 17.9. The first kappa shape index (κ1) is 20.5. The van der Waals surface area contributed by atoms with E-state index in [1.165, 1.54) is 35.9 Å². The molecule has 3 aromatic rings. The SMILES string of the molecule is O=C(Nc1nnc(SCC(=O)N2CCCCCC2)s1)c1cc(-c2ccccc2)on1. The van der Waals surface area contributed by atoms with Crippen molar-refractivity contribution >= 4 is 40.0 Å². The molecule has 30 heavy (non-hydrogen) atoms. The molecule has 2 amide bonds.